The van der Waals surface area contributed by atoms with E-state index in [1.807, 2.05) is 11.4 Å². The highest BCUT2D eigenvalue weighted by atomic mass is 32.1. The summed E-state index contributed by atoms with van der Waals surface area (Å²) >= 11 is 1.44. The predicted octanol–water partition coefficient (Wildman–Crippen LogP) is 6.63. The number of methoxy groups -OCH3 is 2. The van der Waals surface area contributed by atoms with Gasteiger partial charge < -0.3 is 24.1 Å². The van der Waals surface area contributed by atoms with Crippen LogP contribution < -0.4 is 9.47 Å². The number of ketones is 1. The highest BCUT2D eigenvalue weighted by Crippen LogP contribution is 2.33. The monoisotopic (exact) mass is 588 g/mol. The van der Waals surface area contributed by atoms with Crippen LogP contribution in [0.1, 0.15) is 69.5 Å². The van der Waals surface area contributed by atoms with Crippen molar-refractivity contribution in [1.29, 1.82) is 0 Å². The molecule has 8 nitrogen and oxygen atoms in total. The number of carbonyl (C=O) groups excluding carboxylic acids is 3. The largest absolute Gasteiger partial charge is 0.507 e. The molecule has 0 bridgehead atoms. The fourth-order valence-electron chi connectivity index (χ4n) is 5.17. The number of hydrogen-bond donors (Lipinski definition) is 1. The molecule has 5 rings (SSSR count). The lowest BCUT2D eigenvalue weighted by Crippen LogP contribution is -2.11. The van der Waals surface area contributed by atoms with Crippen molar-refractivity contribution in [3.63, 3.8) is 0 Å². The lowest BCUT2D eigenvalue weighted by atomic mass is 9.98. The molecule has 218 valence electrons. The maximum absolute atomic E-state index is 13.4. The number of benzene rings is 3. The van der Waals surface area contributed by atoms with E-state index in [-0.39, 0.29) is 42.2 Å². The van der Waals surface area contributed by atoms with Crippen LogP contribution in [0.5, 0.6) is 17.2 Å². The number of phenols is 1. The Morgan fingerprint density at radius 2 is 1.74 bits per heavy atom. The Morgan fingerprint density at radius 1 is 0.929 bits per heavy atom. The molecule has 1 aromatic heterocycles. The summed E-state index contributed by atoms with van der Waals surface area (Å²) in [6.45, 7) is 0.215. The molecule has 42 heavy (non-hydrogen) atoms. The lowest BCUT2D eigenvalue weighted by Gasteiger charge is -2.15. The molecule has 0 radical (unpaired) electrons. The van der Waals surface area contributed by atoms with Gasteiger partial charge in [0.1, 0.15) is 23.9 Å². The minimum absolute atomic E-state index is 0.104. The Hall–Kier alpha value is -4.37. The Kier molecular flexibility index (Phi) is 9.07. The summed E-state index contributed by atoms with van der Waals surface area (Å²) in [4.78, 5) is 37.5. The zero-order chi connectivity index (χ0) is 29.6. The molecule has 0 aliphatic heterocycles. The maximum Gasteiger partial charge on any atom is 0.339 e. The number of phenolic OH excluding ortho intramolecular Hbond substituents is 1. The molecule has 1 N–H and O–H groups in total. The third-order valence-corrected chi connectivity index (χ3v) is 8.51. The van der Waals surface area contributed by atoms with E-state index in [0.717, 1.165) is 41.3 Å². The van der Waals surface area contributed by atoms with Gasteiger partial charge in [0.05, 0.1) is 31.5 Å². The van der Waals surface area contributed by atoms with Crippen molar-refractivity contribution in [3.8, 4) is 17.2 Å². The van der Waals surface area contributed by atoms with Crippen molar-refractivity contribution >= 4 is 39.1 Å². The molecule has 0 atom stereocenters. The molecule has 0 amide bonds. The normalized spacial score (nSPS) is 13.2. The van der Waals surface area contributed by atoms with Gasteiger partial charge in [-0.1, -0.05) is 12.1 Å². The van der Waals surface area contributed by atoms with Crippen LogP contribution >= 0.6 is 11.3 Å². The molecule has 3 aromatic carbocycles. The number of hydrogen-bond acceptors (Lipinski definition) is 9. The fraction of sp³-hybridized carbons (Fsp3) is 0.303. The second kappa shape index (κ2) is 13.1. The van der Waals surface area contributed by atoms with E-state index < -0.39 is 5.97 Å². The minimum atomic E-state index is -0.401. The zero-order valence-corrected chi connectivity index (χ0v) is 24.3. The summed E-state index contributed by atoms with van der Waals surface area (Å²) < 4.78 is 22.7. The number of rotatable bonds is 11. The van der Waals surface area contributed by atoms with E-state index in [1.165, 1.54) is 31.6 Å². The van der Waals surface area contributed by atoms with Gasteiger partial charge >= 0.3 is 11.9 Å². The smallest absolute Gasteiger partial charge is 0.339 e. The quantitative estimate of drug-likeness (QED) is 0.154. The van der Waals surface area contributed by atoms with Gasteiger partial charge in [-0.05, 0) is 84.8 Å². The molecule has 0 unspecified atom stereocenters. The highest BCUT2D eigenvalue weighted by Gasteiger charge is 2.21. The topological polar surface area (TPSA) is 108 Å². The van der Waals surface area contributed by atoms with Gasteiger partial charge in [-0.15, -0.1) is 11.3 Å². The molecule has 1 aliphatic carbocycles. The summed E-state index contributed by atoms with van der Waals surface area (Å²) in [6.07, 6.45) is 4.77. The van der Waals surface area contributed by atoms with Crippen LogP contribution in [0, 0.1) is 0 Å². The molecule has 1 saturated carbocycles. The van der Waals surface area contributed by atoms with Gasteiger partial charge in [-0.25, -0.2) is 4.79 Å². The van der Waals surface area contributed by atoms with Gasteiger partial charge in [-0.3, -0.25) is 9.59 Å². The number of thiophene rings is 1. The van der Waals surface area contributed by atoms with Crippen LogP contribution in [0.2, 0.25) is 0 Å². The molecule has 1 fully saturated rings. The van der Waals surface area contributed by atoms with Gasteiger partial charge in [0, 0.05) is 28.3 Å². The van der Waals surface area contributed by atoms with Crippen LogP contribution in [-0.2, 0) is 27.3 Å². The van der Waals surface area contributed by atoms with Gasteiger partial charge in [0.15, 0.2) is 5.78 Å². The summed E-state index contributed by atoms with van der Waals surface area (Å²) in [6, 6.07) is 15.2. The van der Waals surface area contributed by atoms with E-state index in [1.54, 1.807) is 42.5 Å². The van der Waals surface area contributed by atoms with Crippen molar-refractivity contribution < 1.29 is 38.4 Å². The van der Waals surface area contributed by atoms with Gasteiger partial charge in [-0.2, -0.15) is 0 Å². The average Bonchev–Trinajstić information content (AvgIpc) is 3.68. The van der Waals surface area contributed by atoms with E-state index in [9.17, 15) is 19.5 Å². The molecule has 1 heterocycles. The Labute approximate surface area is 247 Å². The van der Waals surface area contributed by atoms with E-state index in [2.05, 4.69) is 0 Å². The second-order valence-electron chi connectivity index (χ2n) is 10.2. The second-order valence-corrected chi connectivity index (χ2v) is 11.0. The van der Waals surface area contributed by atoms with Crippen LogP contribution in [0.25, 0.3) is 10.1 Å². The first-order chi connectivity index (χ1) is 20.4. The molecule has 9 heteroatoms. The van der Waals surface area contributed by atoms with E-state index in [4.69, 9.17) is 18.9 Å². The van der Waals surface area contributed by atoms with Crippen LogP contribution in [0.15, 0.2) is 60.0 Å². The summed E-state index contributed by atoms with van der Waals surface area (Å²) in [5.74, 6) is -0.233. The minimum Gasteiger partial charge on any atom is -0.507 e. The van der Waals surface area contributed by atoms with Crippen molar-refractivity contribution in [1.82, 2.24) is 0 Å². The average molecular weight is 589 g/mol. The first kappa shape index (κ1) is 29.1. The number of aryl methyl sites for hydroxylation is 1. The third kappa shape index (κ3) is 6.41. The highest BCUT2D eigenvalue weighted by molar-refractivity contribution is 7.17. The summed E-state index contributed by atoms with van der Waals surface area (Å²) in [7, 11) is 2.68. The predicted molar refractivity (Wildman–Crippen MR) is 159 cm³/mol. The van der Waals surface area contributed by atoms with Crippen LogP contribution in [-0.4, -0.2) is 43.2 Å². The van der Waals surface area contributed by atoms with Gasteiger partial charge in [0.2, 0.25) is 0 Å². The first-order valence-corrected chi connectivity index (χ1v) is 14.7. The first-order valence-electron chi connectivity index (χ1n) is 13.8. The van der Waals surface area contributed by atoms with E-state index in [0.29, 0.717) is 34.6 Å². The van der Waals surface area contributed by atoms with E-state index >= 15 is 0 Å². The summed E-state index contributed by atoms with van der Waals surface area (Å²) in [5, 5.41) is 13.5. The standard InChI is InChI=1S/C33H32O8S/c1-38-30(35)15-11-20-16-21(31(36)26-13-12-24(17-28(26)34)41-23-6-3-4-7-23)10-14-29(20)40-18-22-19-42-32-25(22)8-5-9-27(32)33(37)39-2/h5,8-10,12-14,16-17,19,23,34H,3-4,6-7,11,15,18H2,1-2H3. The summed E-state index contributed by atoms with van der Waals surface area (Å²) in [5.41, 5.74) is 2.55. The Bertz CT molecular complexity index is 1620. The van der Waals surface area contributed by atoms with Crippen molar-refractivity contribution in [3.05, 3.63) is 87.8 Å². The lowest BCUT2D eigenvalue weighted by molar-refractivity contribution is -0.140. The van der Waals surface area contributed by atoms with Gasteiger partial charge in [0.25, 0.3) is 0 Å². The molecule has 0 spiro atoms. The van der Waals surface area contributed by atoms with Crippen LogP contribution in [0.3, 0.4) is 0 Å². The van der Waals surface area contributed by atoms with Crippen molar-refractivity contribution in [2.75, 3.05) is 14.2 Å². The fourth-order valence-corrected chi connectivity index (χ4v) is 6.23. The molecular weight excluding hydrogens is 556 g/mol. The van der Waals surface area contributed by atoms with Crippen molar-refractivity contribution in [2.24, 2.45) is 0 Å². The third-order valence-electron chi connectivity index (χ3n) is 7.44. The Balaban J connectivity index is 1.37. The van der Waals surface area contributed by atoms with Crippen molar-refractivity contribution in [2.45, 2.75) is 51.2 Å². The molecule has 1 aliphatic rings. The number of esters is 2. The Morgan fingerprint density at radius 3 is 2.48 bits per heavy atom. The number of fused-ring (bicyclic) bond motifs is 1. The SMILES string of the molecule is COC(=O)CCc1cc(C(=O)c2ccc(OC3CCCC3)cc2O)ccc1OCc1csc2c(C(=O)OC)cccc12. The zero-order valence-electron chi connectivity index (χ0n) is 23.5. The number of ether oxygens (including phenoxy) is 4. The molecular formula is C33H32O8S. The van der Waals surface area contributed by atoms with Crippen LogP contribution in [0.4, 0.5) is 0 Å². The number of carbonyl (C=O) groups is 3. The maximum atomic E-state index is 13.4. The molecule has 0 saturated heterocycles. The molecule has 4 aromatic rings. The number of aromatic hydroxyl groups is 1.